The highest BCUT2D eigenvalue weighted by molar-refractivity contribution is 7.22. The van der Waals surface area contributed by atoms with Crippen LogP contribution in [0.3, 0.4) is 0 Å². The third-order valence-corrected chi connectivity index (χ3v) is 6.99. The van der Waals surface area contributed by atoms with Gasteiger partial charge in [0.1, 0.15) is 11.5 Å². The lowest BCUT2D eigenvalue weighted by Gasteiger charge is -2.25. The van der Waals surface area contributed by atoms with Crippen LogP contribution >= 0.6 is 23.7 Å². The number of halogens is 1. The number of aromatic nitrogens is 1. The van der Waals surface area contributed by atoms with E-state index in [1.807, 2.05) is 65.6 Å². The molecule has 0 unspecified atom stereocenters. The first kappa shape index (κ1) is 26.7. The maximum atomic E-state index is 13.9. The lowest BCUT2D eigenvalue weighted by atomic mass is 10.1. The van der Waals surface area contributed by atoms with E-state index in [4.69, 9.17) is 9.72 Å². The van der Waals surface area contributed by atoms with Crippen LogP contribution < -0.4 is 9.64 Å². The molecule has 0 atom stereocenters. The van der Waals surface area contributed by atoms with Crippen LogP contribution in [0, 0.1) is 0 Å². The number of rotatable bonds is 10. The first-order valence-corrected chi connectivity index (χ1v) is 12.7. The number of ether oxygens (including phenoxy) is 1. The van der Waals surface area contributed by atoms with Gasteiger partial charge in [0.05, 0.1) is 15.8 Å². The van der Waals surface area contributed by atoms with Crippen LogP contribution in [-0.2, 0) is 6.42 Å². The molecule has 0 saturated heterocycles. The van der Waals surface area contributed by atoms with Gasteiger partial charge in [0.15, 0.2) is 5.13 Å². The van der Waals surface area contributed by atoms with Crippen molar-refractivity contribution in [3.05, 3.63) is 83.9 Å². The molecule has 0 aliphatic carbocycles. The second-order valence-electron chi connectivity index (χ2n) is 8.05. The molecule has 4 aromatic rings. The Morgan fingerprint density at radius 3 is 2.34 bits per heavy atom. The molecule has 0 fully saturated rings. The summed E-state index contributed by atoms with van der Waals surface area (Å²) >= 11 is 1.57. The Hall–Kier alpha value is -2.93. The van der Waals surface area contributed by atoms with Crippen LogP contribution in [0.2, 0.25) is 0 Å². The number of likely N-dealkylation sites (N-methyl/N-ethyl adjacent to an activating group) is 1. The summed E-state index contributed by atoms with van der Waals surface area (Å²) in [5.74, 6) is 1.14. The van der Waals surface area contributed by atoms with Gasteiger partial charge in [-0.1, -0.05) is 68.5 Å². The van der Waals surface area contributed by atoms with Crippen LogP contribution in [0.25, 0.3) is 10.2 Å². The number of para-hydroxylation sites is 2. The number of fused-ring (bicyclic) bond motifs is 1. The van der Waals surface area contributed by atoms with Crippen LogP contribution in [-0.4, -0.2) is 42.0 Å². The van der Waals surface area contributed by atoms with Gasteiger partial charge in [-0.05, 0) is 61.5 Å². The fourth-order valence-electron chi connectivity index (χ4n) is 3.85. The number of aryl methyl sites for hydroxylation is 1. The number of nitrogens with zero attached hydrogens (tertiary/aromatic N) is 3. The minimum absolute atomic E-state index is 0. The zero-order chi connectivity index (χ0) is 23.9. The van der Waals surface area contributed by atoms with Crippen molar-refractivity contribution in [3.63, 3.8) is 0 Å². The van der Waals surface area contributed by atoms with E-state index in [0.29, 0.717) is 23.6 Å². The summed E-state index contributed by atoms with van der Waals surface area (Å²) in [5.41, 5.74) is 2.72. The standard InChI is InChI=1S/C28H31N3O2S.ClH/c1-4-21-16-17-24-26(20-21)34-28(29-24)31(19-18-30(5-2)6-3)27(32)23-14-10-11-15-25(23)33-22-12-8-7-9-13-22;/h7-17,20H,4-6,18-19H2,1-3H3;1H. The second kappa shape index (κ2) is 12.7. The first-order chi connectivity index (χ1) is 16.6. The van der Waals surface area contributed by atoms with Crippen LogP contribution in [0.1, 0.15) is 36.7 Å². The van der Waals surface area contributed by atoms with E-state index in [1.54, 1.807) is 11.3 Å². The average molecular weight is 510 g/mol. The minimum Gasteiger partial charge on any atom is -0.457 e. The predicted octanol–water partition coefficient (Wildman–Crippen LogP) is 7.06. The smallest absolute Gasteiger partial charge is 0.263 e. The van der Waals surface area contributed by atoms with Crippen molar-refractivity contribution in [2.75, 3.05) is 31.1 Å². The van der Waals surface area contributed by atoms with E-state index in [0.717, 1.165) is 41.4 Å². The number of thiazole rings is 1. The summed E-state index contributed by atoms with van der Waals surface area (Å²) in [6, 6.07) is 23.3. The van der Waals surface area contributed by atoms with Crippen molar-refractivity contribution in [1.82, 2.24) is 9.88 Å². The van der Waals surface area contributed by atoms with Crippen LogP contribution in [0.4, 0.5) is 5.13 Å². The van der Waals surface area contributed by atoms with Gasteiger partial charge in [0, 0.05) is 13.1 Å². The molecule has 184 valence electrons. The van der Waals surface area contributed by atoms with Gasteiger partial charge in [-0.15, -0.1) is 12.4 Å². The van der Waals surface area contributed by atoms with Crippen LogP contribution in [0.15, 0.2) is 72.8 Å². The number of benzene rings is 3. The third kappa shape index (κ3) is 6.40. The number of carbonyl (C=O) groups is 1. The zero-order valence-corrected chi connectivity index (χ0v) is 22.1. The minimum atomic E-state index is -0.103. The van der Waals surface area contributed by atoms with Gasteiger partial charge in [-0.25, -0.2) is 4.98 Å². The molecule has 1 heterocycles. The van der Waals surface area contributed by atoms with E-state index in [2.05, 4.69) is 37.8 Å². The van der Waals surface area contributed by atoms with E-state index in [9.17, 15) is 4.79 Å². The molecular formula is C28H32ClN3O2S. The monoisotopic (exact) mass is 509 g/mol. The molecule has 0 bridgehead atoms. The number of anilines is 1. The summed E-state index contributed by atoms with van der Waals surface area (Å²) in [6.07, 6.45) is 0.970. The fourth-order valence-corrected chi connectivity index (χ4v) is 4.90. The molecule has 0 spiro atoms. The maximum Gasteiger partial charge on any atom is 0.263 e. The molecule has 0 aliphatic rings. The zero-order valence-electron chi connectivity index (χ0n) is 20.4. The maximum absolute atomic E-state index is 13.9. The van der Waals surface area contributed by atoms with Crippen LogP contribution in [0.5, 0.6) is 11.5 Å². The molecular weight excluding hydrogens is 478 g/mol. The second-order valence-corrected chi connectivity index (χ2v) is 9.06. The number of amides is 1. The van der Waals surface area contributed by atoms with Gasteiger partial charge in [-0.2, -0.15) is 0 Å². The average Bonchev–Trinajstić information content (AvgIpc) is 3.30. The highest BCUT2D eigenvalue weighted by Crippen LogP contribution is 2.33. The van der Waals surface area contributed by atoms with Gasteiger partial charge in [0.25, 0.3) is 5.91 Å². The van der Waals surface area contributed by atoms with E-state index in [1.165, 1.54) is 5.56 Å². The summed E-state index contributed by atoms with van der Waals surface area (Å²) in [4.78, 5) is 22.9. The topological polar surface area (TPSA) is 45.7 Å². The Kier molecular flexibility index (Phi) is 9.66. The van der Waals surface area contributed by atoms with Crippen molar-refractivity contribution < 1.29 is 9.53 Å². The molecule has 3 aromatic carbocycles. The quantitative estimate of drug-likeness (QED) is 0.229. The van der Waals surface area contributed by atoms with Crippen molar-refractivity contribution >= 4 is 45.0 Å². The molecule has 0 radical (unpaired) electrons. The third-order valence-electron chi connectivity index (χ3n) is 5.95. The Bertz CT molecular complexity index is 1240. The molecule has 0 saturated carbocycles. The molecule has 4 rings (SSSR count). The van der Waals surface area contributed by atoms with Crippen molar-refractivity contribution in [3.8, 4) is 11.5 Å². The lowest BCUT2D eigenvalue weighted by molar-refractivity contribution is 0.0981. The highest BCUT2D eigenvalue weighted by atomic mass is 35.5. The molecule has 5 nitrogen and oxygen atoms in total. The Morgan fingerprint density at radius 2 is 1.63 bits per heavy atom. The molecule has 1 amide bonds. The Balaban J connectivity index is 0.00000342. The molecule has 0 N–H and O–H groups in total. The largest absolute Gasteiger partial charge is 0.457 e. The number of hydrogen-bond acceptors (Lipinski definition) is 5. The van der Waals surface area contributed by atoms with Gasteiger partial charge >= 0.3 is 0 Å². The Labute approximate surface area is 217 Å². The highest BCUT2D eigenvalue weighted by Gasteiger charge is 2.24. The number of hydrogen-bond donors (Lipinski definition) is 0. The molecule has 7 heteroatoms. The summed E-state index contributed by atoms with van der Waals surface area (Å²) in [5, 5.41) is 0.718. The van der Waals surface area contributed by atoms with Gasteiger partial charge < -0.3 is 9.64 Å². The van der Waals surface area contributed by atoms with E-state index >= 15 is 0 Å². The summed E-state index contributed by atoms with van der Waals surface area (Å²) in [6.45, 7) is 9.63. The number of carbonyl (C=O) groups excluding carboxylic acids is 1. The van der Waals surface area contributed by atoms with Crippen molar-refractivity contribution in [2.45, 2.75) is 27.2 Å². The molecule has 0 aliphatic heterocycles. The lowest BCUT2D eigenvalue weighted by Crippen LogP contribution is -2.39. The predicted molar refractivity (Wildman–Crippen MR) is 149 cm³/mol. The first-order valence-electron chi connectivity index (χ1n) is 11.9. The van der Waals surface area contributed by atoms with Crippen molar-refractivity contribution in [1.29, 1.82) is 0 Å². The van der Waals surface area contributed by atoms with Crippen molar-refractivity contribution in [2.24, 2.45) is 0 Å². The fraction of sp³-hybridized carbons (Fsp3) is 0.286. The Morgan fingerprint density at radius 1 is 0.914 bits per heavy atom. The summed E-state index contributed by atoms with van der Waals surface area (Å²) < 4.78 is 7.20. The molecule has 1 aromatic heterocycles. The van der Waals surface area contributed by atoms with E-state index in [-0.39, 0.29) is 18.3 Å². The molecule has 35 heavy (non-hydrogen) atoms. The van der Waals surface area contributed by atoms with E-state index < -0.39 is 0 Å². The van der Waals surface area contributed by atoms with Gasteiger partial charge in [-0.3, -0.25) is 9.69 Å². The van der Waals surface area contributed by atoms with Gasteiger partial charge in [0.2, 0.25) is 0 Å². The SMILES string of the molecule is CCc1ccc2nc(N(CCN(CC)CC)C(=O)c3ccccc3Oc3ccccc3)sc2c1.Cl. The normalized spacial score (nSPS) is 10.9. The summed E-state index contributed by atoms with van der Waals surface area (Å²) in [7, 11) is 0.